The summed E-state index contributed by atoms with van der Waals surface area (Å²) in [5, 5.41) is 9.92. The van der Waals surface area contributed by atoms with E-state index in [0.717, 1.165) is 15.8 Å². The Kier molecular flexibility index (Phi) is 1.44. The molecule has 3 nitrogen and oxygen atoms in total. The number of phenolic OH excluding ortho intramolecular Hbond substituents is 1. The molecule has 2 rings (SSSR count). The van der Waals surface area contributed by atoms with Crippen molar-refractivity contribution >= 4 is 26.7 Å². The van der Waals surface area contributed by atoms with Gasteiger partial charge in [0.25, 0.3) is 0 Å². The van der Waals surface area contributed by atoms with Crippen molar-refractivity contribution in [1.82, 2.24) is 4.98 Å². The summed E-state index contributed by atoms with van der Waals surface area (Å²) in [6, 6.07) is 3.49. The van der Waals surface area contributed by atoms with E-state index in [4.69, 9.17) is 5.73 Å². The molecule has 0 spiro atoms. The second-order valence-electron chi connectivity index (χ2n) is 2.63. The van der Waals surface area contributed by atoms with E-state index in [0.29, 0.717) is 5.13 Å². The average molecular weight is 180 g/mol. The lowest BCUT2D eigenvalue weighted by Gasteiger charge is -1.95. The van der Waals surface area contributed by atoms with Gasteiger partial charge in [-0.05, 0) is 18.6 Å². The number of nitrogens with zero attached hydrogens (tertiary/aromatic N) is 1. The zero-order valence-corrected chi connectivity index (χ0v) is 7.35. The molecule has 1 aromatic carbocycles. The normalized spacial score (nSPS) is 10.8. The number of benzene rings is 1. The number of hydrogen-bond donors (Lipinski definition) is 2. The van der Waals surface area contributed by atoms with Crippen molar-refractivity contribution in [2.75, 3.05) is 5.73 Å². The molecule has 0 aliphatic carbocycles. The predicted molar refractivity (Wildman–Crippen MR) is 50.4 cm³/mol. The van der Waals surface area contributed by atoms with Crippen molar-refractivity contribution in [2.45, 2.75) is 6.92 Å². The topological polar surface area (TPSA) is 59.1 Å². The van der Waals surface area contributed by atoms with Gasteiger partial charge in [-0.25, -0.2) is 4.98 Å². The van der Waals surface area contributed by atoms with E-state index < -0.39 is 0 Å². The van der Waals surface area contributed by atoms with Crippen molar-refractivity contribution in [3.05, 3.63) is 17.7 Å². The molecule has 0 atom stereocenters. The maximum absolute atomic E-state index is 9.42. The third-order valence-electron chi connectivity index (χ3n) is 1.74. The Hall–Kier alpha value is -1.29. The number of nitrogens with two attached hydrogens (primary N) is 1. The Labute approximate surface area is 73.5 Å². The minimum absolute atomic E-state index is 0.254. The van der Waals surface area contributed by atoms with Gasteiger partial charge in [0.1, 0.15) is 5.75 Å². The number of aryl methyl sites for hydroxylation is 1. The largest absolute Gasteiger partial charge is 0.506 e. The van der Waals surface area contributed by atoms with Gasteiger partial charge in [-0.3, -0.25) is 0 Å². The van der Waals surface area contributed by atoms with Crippen LogP contribution < -0.4 is 5.73 Å². The summed E-state index contributed by atoms with van der Waals surface area (Å²) in [4.78, 5) is 4.11. The molecule has 2 aromatic rings. The summed E-state index contributed by atoms with van der Waals surface area (Å²) < 4.78 is 0.771. The van der Waals surface area contributed by atoms with Crippen LogP contribution in [0.3, 0.4) is 0 Å². The van der Waals surface area contributed by atoms with Crippen LogP contribution in [0.1, 0.15) is 5.56 Å². The van der Waals surface area contributed by atoms with Crippen molar-refractivity contribution in [3.8, 4) is 5.75 Å². The second kappa shape index (κ2) is 2.35. The highest BCUT2D eigenvalue weighted by atomic mass is 32.1. The first-order valence-electron chi connectivity index (χ1n) is 3.53. The molecule has 0 amide bonds. The lowest BCUT2D eigenvalue weighted by atomic mass is 10.2. The van der Waals surface area contributed by atoms with Crippen LogP contribution in [-0.2, 0) is 0 Å². The Bertz CT molecular complexity index is 397. The molecule has 4 heteroatoms. The smallest absolute Gasteiger partial charge is 0.181 e. The molecule has 62 valence electrons. The van der Waals surface area contributed by atoms with E-state index >= 15 is 0 Å². The molecule has 0 saturated heterocycles. The van der Waals surface area contributed by atoms with E-state index in [2.05, 4.69) is 4.98 Å². The summed E-state index contributed by atoms with van der Waals surface area (Å²) in [7, 11) is 0. The molecule has 3 N–H and O–H groups in total. The fraction of sp³-hybridized carbons (Fsp3) is 0.125. The van der Waals surface area contributed by atoms with Gasteiger partial charge in [0.2, 0.25) is 0 Å². The SMILES string of the molecule is Cc1ccc(O)c2sc(N)nc12. The molecule has 0 saturated carbocycles. The van der Waals surface area contributed by atoms with Gasteiger partial charge in [-0.2, -0.15) is 0 Å². The van der Waals surface area contributed by atoms with Crippen LogP contribution >= 0.6 is 11.3 Å². The predicted octanol–water partition coefficient (Wildman–Crippen LogP) is 1.89. The number of rotatable bonds is 0. The number of aromatic hydroxyl groups is 1. The number of phenols is 1. The maximum atomic E-state index is 9.42. The summed E-state index contributed by atoms with van der Waals surface area (Å²) in [6.07, 6.45) is 0. The molecular weight excluding hydrogens is 172 g/mol. The number of hydrogen-bond acceptors (Lipinski definition) is 4. The molecule has 1 heterocycles. The summed E-state index contributed by atoms with van der Waals surface area (Å²) in [5.41, 5.74) is 7.37. The van der Waals surface area contributed by atoms with E-state index in [1.165, 1.54) is 11.3 Å². The summed E-state index contributed by atoms with van der Waals surface area (Å²) >= 11 is 1.31. The van der Waals surface area contributed by atoms with Crippen molar-refractivity contribution in [1.29, 1.82) is 0 Å². The number of thiazole rings is 1. The zero-order valence-electron chi connectivity index (χ0n) is 6.53. The Morgan fingerprint density at radius 2 is 2.25 bits per heavy atom. The van der Waals surface area contributed by atoms with E-state index in [-0.39, 0.29) is 5.75 Å². The molecule has 12 heavy (non-hydrogen) atoms. The number of fused-ring (bicyclic) bond motifs is 1. The summed E-state index contributed by atoms with van der Waals surface area (Å²) in [6.45, 7) is 1.95. The van der Waals surface area contributed by atoms with Crippen LogP contribution in [0.25, 0.3) is 10.2 Å². The first-order valence-corrected chi connectivity index (χ1v) is 4.34. The van der Waals surface area contributed by atoms with Crippen LogP contribution in [0.5, 0.6) is 5.75 Å². The minimum Gasteiger partial charge on any atom is -0.506 e. The minimum atomic E-state index is 0.254. The van der Waals surface area contributed by atoms with Gasteiger partial charge in [-0.1, -0.05) is 17.4 Å². The molecule has 0 aliphatic rings. The average Bonchev–Trinajstić information content (AvgIpc) is 2.41. The highest BCUT2D eigenvalue weighted by Crippen LogP contribution is 2.33. The van der Waals surface area contributed by atoms with Gasteiger partial charge in [0.05, 0.1) is 10.2 Å². The van der Waals surface area contributed by atoms with Crippen LogP contribution in [-0.4, -0.2) is 10.1 Å². The number of anilines is 1. The fourth-order valence-corrected chi connectivity index (χ4v) is 1.96. The highest BCUT2D eigenvalue weighted by Gasteiger charge is 2.07. The third kappa shape index (κ3) is 0.921. The van der Waals surface area contributed by atoms with Gasteiger partial charge < -0.3 is 10.8 Å². The van der Waals surface area contributed by atoms with E-state index in [1.807, 2.05) is 13.0 Å². The Morgan fingerprint density at radius 3 is 2.92 bits per heavy atom. The quantitative estimate of drug-likeness (QED) is 0.651. The molecule has 0 unspecified atom stereocenters. The van der Waals surface area contributed by atoms with Crippen LogP contribution in [0.4, 0.5) is 5.13 Å². The number of nitrogen functional groups attached to an aromatic ring is 1. The highest BCUT2D eigenvalue weighted by molar-refractivity contribution is 7.22. The number of aromatic nitrogens is 1. The third-order valence-corrected chi connectivity index (χ3v) is 2.65. The van der Waals surface area contributed by atoms with Crippen molar-refractivity contribution in [3.63, 3.8) is 0 Å². The van der Waals surface area contributed by atoms with Crippen molar-refractivity contribution in [2.24, 2.45) is 0 Å². The molecule has 0 radical (unpaired) electrons. The molecule has 0 fully saturated rings. The lowest BCUT2D eigenvalue weighted by molar-refractivity contribution is 0.482. The molecule has 1 aromatic heterocycles. The van der Waals surface area contributed by atoms with Gasteiger partial charge >= 0.3 is 0 Å². The van der Waals surface area contributed by atoms with E-state index in [1.54, 1.807) is 6.07 Å². The molecule has 0 bridgehead atoms. The zero-order chi connectivity index (χ0) is 8.72. The Morgan fingerprint density at radius 1 is 1.50 bits per heavy atom. The standard InChI is InChI=1S/C8H8N2OS/c1-4-2-3-5(11)7-6(4)10-8(9)12-7/h2-3,11H,1H3,(H2,9,10). The molecule has 0 aliphatic heterocycles. The van der Waals surface area contributed by atoms with Crippen LogP contribution in [0.2, 0.25) is 0 Å². The fourth-order valence-electron chi connectivity index (χ4n) is 1.14. The lowest BCUT2D eigenvalue weighted by Crippen LogP contribution is -1.80. The molecular formula is C8H8N2OS. The van der Waals surface area contributed by atoms with Crippen LogP contribution in [0, 0.1) is 6.92 Å². The maximum Gasteiger partial charge on any atom is 0.181 e. The van der Waals surface area contributed by atoms with Crippen LogP contribution in [0.15, 0.2) is 12.1 Å². The van der Waals surface area contributed by atoms with Gasteiger partial charge in [-0.15, -0.1) is 0 Å². The first-order chi connectivity index (χ1) is 5.68. The van der Waals surface area contributed by atoms with Gasteiger partial charge in [0, 0.05) is 0 Å². The summed E-state index contributed by atoms with van der Waals surface area (Å²) in [5.74, 6) is 0.254. The van der Waals surface area contributed by atoms with Gasteiger partial charge in [0.15, 0.2) is 5.13 Å². The second-order valence-corrected chi connectivity index (χ2v) is 3.66. The Balaban J connectivity index is 2.93. The van der Waals surface area contributed by atoms with Crippen molar-refractivity contribution < 1.29 is 5.11 Å². The monoisotopic (exact) mass is 180 g/mol. The first kappa shape index (κ1) is 7.36. The van der Waals surface area contributed by atoms with E-state index in [9.17, 15) is 5.11 Å².